The molecule has 1 aliphatic rings. The first kappa shape index (κ1) is 17.2. The summed E-state index contributed by atoms with van der Waals surface area (Å²) in [4.78, 5) is 24.9. The monoisotopic (exact) mass is 426 g/mol. The number of nitrogens with zero attached hydrogens (tertiary/aromatic N) is 1. The van der Waals surface area contributed by atoms with E-state index in [1.807, 2.05) is 6.07 Å². The van der Waals surface area contributed by atoms with Crippen LogP contribution in [0.2, 0.25) is 0 Å². The van der Waals surface area contributed by atoms with Gasteiger partial charge in [0.05, 0.1) is 11.3 Å². The third kappa shape index (κ3) is 3.29. The first-order valence-electron chi connectivity index (χ1n) is 8.00. The van der Waals surface area contributed by atoms with Gasteiger partial charge in [0, 0.05) is 4.47 Å². The van der Waals surface area contributed by atoms with Gasteiger partial charge in [-0.3, -0.25) is 15.0 Å². The summed E-state index contributed by atoms with van der Waals surface area (Å²) in [6.45, 7) is 0. The van der Waals surface area contributed by atoms with E-state index in [-0.39, 0.29) is 11.3 Å². The summed E-state index contributed by atoms with van der Waals surface area (Å²) in [6.07, 6.45) is 1.35. The third-order valence-corrected chi connectivity index (χ3v) is 4.50. The van der Waals surface area contributed by atoms with E-state index in [1.165, 1.54) is 17.2 Å². The molecule has 0 unspecified atom stereocenters. The van der Waals surface area contributed by atoms with Gasteiger partial charge in [0.25, 0.3) is 11.8 Å². The van der Waals surface area contributed by atoms with E-state index in [9.17, 15) is 14.0 Å². The maximum Gasteiger partial charge on any atom is 0.282 e. The number of hydrogen-bond donors (Lipinski definition) is 1. The minimum atomic E-state index is -0.538. The molecule has 5 nitrogen and oxygen atoms in total. The van der Waals surface area contributed by atoms with Crippen molar-refractivity contribution in [3.05, 3.63) is 82.3 Å². The van der Waals surface area contributed by atoms with Gasteiger partial charge in [-0.05, 0) is 48.5 Å². The molecule has 2 amide bonds. The van der Waals surface area contributed by atoms with Crippen molar-refractivity contribution in [3.63, 3.8) is 0 Å². The molecule has 27 heavy (non-hydrogen) atoms. The first-order valence-corrected chi connectivity index (χ1v) is 8.80. The van der Waals surface area contributed by atoms with E-state index in [0.29, 0.717) is 17.0 Å². The number of hydrazine groups is 1. The van der Waals surface area contributed by atoms with Gasteiger partial charge < -0.3 is 4.42 Å². The highest BCUT2D eigenvalue weighted by atomic mass is 79.9. The summed E-state index contributed by atoms with van der Waals surface area (Å²) >= 11 is 3.33. The van der Waals surface area contributed by atoms with Crippen LogP contribution in [0.25, 0.3) is 17.4 Å². The summed E-state index contributed by atoms with van der Waals surface area (Å²) in [6, 6.07) is 16.4. The molecule has 0 atom stereocenters. The summed E-state index contributed by atoms with van der Waals surface area (Å²) in [7, 11) is 0. The number of hydrogen-bond acceptors (Lipinski definition) is 3. The second-order valence-electron chi connectivity index (χ2n) is 5.80. The largest absolute Gasteiger partial charge is 0.457 e. The number of benzene rings is 2. The normalized spacial score (nSPS) is 15.5. The molecule has 1 aromatic heterocycles. The Morgan fingerprint density at radius 2 is 1.85 bits per heavy atom. The molecule has 2 aromatic carbocycles. The van der Waals surface area contributed by atoms with Crippen LogP contribution in [0.4, 0.5) is 10.1 Å². The number of carbonyl (C=O) groups is 2. The number of carbonyl (C=O) groups excluding carboxylic acids is 2. The van der Waals surface area contributed by atoms with Crippen molar-refractivity contribution < 1.29 is 18.4 Å². The van der Waals surface area contributed by atoms with Gasteiger partial charge in [-0.25, -0.2) is 9.40 Å². The fourth-order valence-electron chi connectivity index (χ4n) is 2.73. The lowest BCUT2D eigenvalue weighted by Crippen LogP contribution is -2.35. The van der Waals surface area contributed by atoms with E-state index >= 15 is 0 Å². The Bertz CT molecular complexity index is 1090. The average Bonchev–Trinajstić information content (AvgIpc) is 3.22. The van der Waals surface area contributed by atoms with Crippen molar-refractivity contribution in [1.82, 2.24) is 5.43 Å². The van der Waals surface area contributed by atoms with E-state index in [2.05, 4.69) is 21.4 Å². The van der Waals surface area contributed by atoms with Crippen LogP contribution >= 0.6 is 15.9 Å². The molecule has 2 heterocycles. The predicted octanol–water partition coefficient (Wildman–Crippen LogP) is 4.31. The molecule has 0 radical (unpaired) electrons. The van der Waals surface area contributed by atoms with E-state index < -0.39 is 17.6 Å². The minimum absolute atomic E-state index is 0.0654. The topological polar surface area (TPSA) is 62.6 Å². The van der Waals surface area contributed by atoms with Gasteiger partial charge in [0.15, 0.2) is 0 Å². The van der Waals surface area contributed by atoms with E-state index in [0.717, 1.165) is 4.47 Å². The second-order valence-corrected chi connectivity index (χ2v) is 6.72. The highest BCUT2D eigenvalue weighted by Gasteiger charge is 2.34. The molecule has 4 rings (SSSR count). The summed E-state index contributed by atoms with van der Waals surface area (Å²) in [5.74, 6) is -0.857. The third-order valence-electron chi connectivity index (χ3n) is 4.01. The van der Waals surface area contributed by atoms with Crippen LogP contribution in [0.15, 0.2) is 75.1 Å². The molecule has 3 aromatic rings. The van der Waals surface area contributed by atoms with Crippen molar-refractivity contribution in [1.29, 1.82) is 0 Å². The first-order chi connectivity index (χ1) is 13.0. The highest BCUT2D eigenvalue weighted by Crippen LogP contribution is 2.28. The summed E-state index contributed by atoms with van der Waals surface area (Å²) in [5, 5.41) is 1.17. The highest BCUT2D eigenvalue weighted by molar-refractivity contribution is 9.10. The van der Waals surface area contributed by atoms with Gasteiger partial charge >= 0.3 is 0 Å². The fourth-order valence-corrected chi connectivity index (χ4v) is 3.12. The standard InChI is InChI=1S/C20H12BrFN2O3/c21-12-4-3-5-13(10-12)24-20(26)16(19(25)23-24)11-14-8-9-18(27-14)15-6-1-2-7-17(15)22/h1-11H,(H,23,25). The van der Waals surface area contributed by atoms with E-state index in [1.54, 1.807) is 48.5 Å². The van der Waals surface area contributed by atoms with Gasteiger partial charge in [0.2, 0.25) is 0 Å². The Hall–Kier alpha value is -3.19. The molecule has 7 heteroatoms. The number of rotatable bonds is 3. The Labute approximate surface area is 162 Å². The number of furan rings is 1. The zero-order chi connectivity index (χ0) is 19.0. The van der Waals surface area contributed by atoms with Crippen molar-refractivity contribution in [3.8, 4) is 11.3 Å². The van der Waals surface area contributed by atoms with Gasteiger partial charge in [0.1, 0.15) is 22.9 Å². The SMILES string of the molecule is O=C1NN(c2cccc(Br)c2)C(=O)C1=Cc1ccc(-c2ccccc2F)o1. The lowest BCUT2D eigenvalue weighted by Gasteiger charge is -2.14. The Kier molecular flexibility index (Phi) is 4.37. The lowest BCUT2D eigenvalue weighted by atomic mass is 10.1. The van der Waals surface area contributed by atoms with Crippen LogP contribution < -0.4 is 10.4 Å². The Morgan fingerprint density at radius 3 is 2.63 bits per heavy atom. The van der Waals surface area contributed by atoms with E-state index in [4.69, 9.17) is 4.42 Å². The fraction of sp³-hybridized carbons (Fsp3) is 0. The second kappa shape index (κ2) is 6.85. The zero-order valence-corrected chi connectivity index (χ0v) is 15.4. The summed E-state index contributed by atoms with van der Waals surface area (Å²) in [5.41, 5.74) is 3.29. The summed E-state index contributed by atoms with van der Waals surface area (Å²) < 4.78 is 20.3. The molecule has 134 valence electrons. The van der Waals surface area contributed by atoms with Crippen LogP contribution in [-0.2, 0) is 9.59 Å². The van der Waals surface area contributed by atoms with Crippen molar-refractivity contribution in [2.75, 3.05) is 5.01 Å². The molecule has 0 spiro atoms. The maximum absolute atomic E-state index is 13.9. The molecule has 0 saturated carbocycles. The van der Waals surface area contributed by atoms with Crippen molar-refractivity contribution in [2.24, 2.45) is 0 Å². The van der Waals surface area contributed by atoms with Gasteiger partial charge in [-0.2, -0.15) is 0 Å². The van der Waals surface area contributed by atoms with Crippen LogP contribution in [0, 0.1) is 5.82 Å². The molecular formula is C20H12BrFN2O3. The van der Waals surface area contributed by atoms with Crippen LogP contribution in [0.1, 0.15) is 5.76 Å². The maximum atomic E-state index is 13.9. The quantitative estimate of drug-likeness (QED) is 0.501. The average molecular weight is 427 g/mol. The zero-order valence-electron chi connectivity index (χ0n) is 13.8. The Balaban J connectivity index is 1.64. The minimum Gasteiger partial charge on any atom is -0.457 e. The molecular weight excluding hydrogens is 415 g/mol. The number of halogens is 2. The molecule has 0 bridgehead atoms. The molecule has 1 saturated heterocycles. The number of amides is 2. The number of nitrogens with one attached hydrogen (secondary N) is 1. The predicted molar refractivity (Wildman–Crippen MR) is 102 cm³/mol. The van der Waals surface area contributed by atoms with Crippen LogP contribution in [0.3, 0.4) is 0 Å². The van der Waals surface area contributed by atoms with Gasteiger partial charge in [-0.1, -0.05) is 34.1 Å². The molecule has 1 aliphatic heterocycles. The van der Waals surface area contributed by atoms with Crippen molar-refractivity contribution >= 4 is 39.5 Å². The molecule has 1 N–H and O–H groups in total. The Morgan fingerprint density at radius 1 is 1.04 bits per heavy atom. The van der Waals surface area contributed by atoms with Gasteiger partial charge in [-0.15, -0.1) is 0 Å². The smallest absolute Gasteiger partial charge is 0.282 e. The van der Waals surface area contributed by atoms with Crippen LogP contribution in [-0.4, -0.2) is 11.8 Å². The molecule has 1 fully saturated rings. The van der Waals surface area contributed by atoms with Crippen LogP contribution in [0.5, 0.6) is 0 Å². The number of anilines is 1. The lowest BCUT2D eigenvalue weighted by molar-refractivity contribution is -0.117. The molecule has 0 aliphatic carbocycles. The van der Waals surface area contributed by atoms with Crippen molar-refractivity contribution in [2.45, 2.75) is 0 Å².